The van der Waals surface area contributed by atoms with Gasteiger partial charge in [0.1, 0.15) is 0 Å². The highest BCUT2D eigenvalue weighted by Gasteiger charge is 2.41. The summed E-state index contributed by atoms with van der Waals surface area (Å²) in [6, 6.07) is 20.1. The van der Waals surface area contributed by atoms with Gasteiger partial charge in [0.25, 0.3) is 23.0 Å². The lowest BCUT2D eigenvalue weighted by Crippen LogP contribution is -2.41. The number of carbonyl (C=O) groups is 4. The summed E-state index contributed by atoms with van der Waals surface area (Å²) < 4.78 is 0. The molecule has 3 aromatic carbocycles. The van der Waals surface area contributed by atoms with Crippen LogP contribution in [0.15, 0.2) is 66.7 Å². The molecule has 5 rings (SSSR count). The minimum atomic E-state index is -0.763. The fourth-order valence-corrected chi connectivity index (χ4v) is 4.80. The molecule has 1 fully saturated rings. The van der Waals surface area contributed by atoms with Crippen LogP contribution in [0.5, 0.6) is 0 Å². The fourth-order valence-electron chi connectivity index (χ4n) is 3.87. The van der Waals surface area contributed by atoms with Crippen molar-refractivity contribution in [2.24, 2.45) is 0 Å². The molecule has 8 heteroatoms. The Bertz CT molecular complexity index is 1220. The molecule has 31 heavy (non-hydrogen) atoms. The highest BCUT2D eigenvalue weighted by Crippen LogP contribution is 2.31. The van der Waals surface area contributed by atoms with Gasteiger partial charge in [-0.1, -0.05) is 48.5 Å². The van der Waals surface area contributed by atoms with E-state index < -0.39 is 22.4 Å². The molecule has 7 nitrogen and oxygen atoms in total. The van der Waals surface area contributed by atoms with E-state index in [-0.39, 0.29) is 19.0 Å². The molecule has 0 saturated carbocycles. The van der Waals surface area contributed by atoms with Crippen LogP contribution in [0, 0.1) is 0 Å². The predicted octanol–water partition coefficient (Wildman–Crippen LogP) is 3.57. The fraction of sp³-hybridized carbons (Fsp3) is 0.130. The maximum Gasteiger partial charge on any atom is 0.290 e. The van der Waals surface area contributed by atoms with Gasteiger partial charge in [-0.2, -0.15) is 0 Å². The average molecular weight is 431 g/mol. The van der Waals surface area contributed by atoms with Crippen molar-refractivity contribution in [2.45, 2.75) is 5.37 Å². The third-order valence-electron chi connectivity index (χ3n) is 5.43. The van der Waals surface area contributed by atoms with E-state index in [2.05, 4.69) is 5.32 Å². The maximum absolute atomic E-state index is 12.9. The Morgan fingerprint density at radius 1 is 0.742 bits per heavy atom. The topological polar surface area (TPSA) is 86.8 Å². The lowest BCUT2D eigenvalue weighted by atomic mass is 10.1. The first-order chi connectivity index (χ1) is 15.0. The normalized spacial score (nSPS) is 18.3. The minimum absolute atomic E-state index is 0.0363. The van der Waals surface area contributed by atoms with Crippen LogP contribution >= 0.6 is 11.8 Å². The van der Waals surface area contributed by atoms with Crippen molar-refractivity contribution < 1.29 is 19.2 Å². The Labute approximate surface area is 182 Å². The second-order valence-corrected chi connectivity index (χ2v) is 8.29. The zero-order valence-corrected chi connectivity index (χ0v) is 17.1. The number of fused-ring (bicyclic) bond motifs is 2. The van der Waals surface area contributed by atoms with Gasteiger partial charge in [0.15, 0.2) is 5.37 Å². The number of benzene rings is 3. The molecule has 1 saturated heterocycles. The summed E-state index contributed by atoms with van der Waals surface area (Å²) in [6.45, 7) is -0.0742. The summed E-state index contributed by atoms with van der Waals surface area (Å²) in [5.41, 5.74) is 1.45. The number of nitrogens with one attached hydrogen (secondary N) is 1. The van der Waals surface area contributed by atoms with Gasteiger partial charge in [-0.25, -0.2) is 0 Å². The van der Waals surface area contributed by atoms with E-state index in [1.165, 1.54) is 0 Å². The van der Waals surface area contributed by atoms with E-state index in [0.717, 1.165) is 38.0 Å². The van der Waals surface area contributed by atoms with E-state index in [0.29, 0.717) is 11.1 Å². The first kappa shape index (κ1) is 19.3. The molecule has 1 N–H and O–H groups in total. The largest absolute Gasteiger partial charge is 0.365 e. The number of hydrogen-bond donors (Lipinski definition) is 1. The molecule has 3 aromatic rings. The summed E-state index contributed by atoms with van der Waals surface area (Å²) in [5, 5.41) is 3.97. The maximum atomic E-state index is 12.9. The van der Waals surface area contributed by atoms with E-state index in [1.54, 1.807) is 24.3 Å². The molecular weight excluding hydrogens is 414 g/mol. The van der Waals surface area contributed by atoms with Crippen molar-refractivity contribution in [3.63, 3.8) is 0 Å². The number of nitrogens with zero attached hydrogens (tertiary/aromatic N) is 2. The smallest absolute Gasteiger partial charge is 0.290 e. The van der Waals surface area contributed by atoms with Crippen molar-refractivity contribution in [3.8, 4) is 0 Å². The molecule has 0 radical (unpaired) electrons. The standard InChI is InChI=1S/C23H17N3O4S/c27-20-16-9-3-4-10-17(16)21(28)25(20)12-13-26-22(29)19(31-23(26)30)24-18-11-5-7-14-6-1-2-8-15(14)18/h1-11,19,24H,12-13H2/t19-/m1/s1. The lowest BCUT2D eigenvalue weighted by Gasteiger charge is -2.19. The quantitative estimate of drug-likeness (QED) is 0.622. The van der Waals surface area contributed by atoms with Crippen LogP contribution in [0.3, 0.4) is 0 Å². The summed E-state index contributed by atoms with van der Waals surface area (Å²) >= 11 is 0.895. The molecular formula is C23H17N3O4S. The SMILES string of the molecule is O=C1S[C@@H](Nc2cccc3ccccc23)C(=O)N1CCN1C(=O)c2ccccc2C1=O. The van der Waals surface area contributed by atoms with Crippen molar-refractivity contribution in [2.75, 3.05) is 18.4 Å². The number of amides is 4. The molecule has 0 aromatic heterocycles. The lowest BCUT2D eigenvalue weighted by molar-refractivity contribution is -0.126. The molecule has 0 unspecified atom stereocenters. The molecule has 0 aliphatic carbocycles. The van der Waals surface area contributed by atoms with Gasteiger partial charge in [0, 0.05) is 24.2 Å². The average Bonchev–Trinajstić information content (AvgIpc) is 3.19. The Morgan fingerprint density at radius 3 is 2.10 bits per heavy atom. The van der Waals surface area contributed by atoms with E-state index in [4.69, 9.17) is 0 Å². The molecule has 2 aliphatic heterocycles. The second kappa shape index (κ2) is 7.55. The Balaban J connectivity index is 1.29. The van der Waals surface area contributed by atoms with Crippen molar-refractivity contribution >= 4 is 51.2 Å². The zero-order chi connectivity index (χ0) is 21.5. The molecule has 0 spiro atoms. The summed E-state index contributed by atoms with van der Waals surface area (Å²) in [7, 11) is 0. The van der Waals surface area contributed by atoms with Gasteiger partial charge >= 0.3 is 0 Å². The Morgan fingerprint density at radius 2 is 1.35 bits per heavy atom. The third kappa shape index (κ3) is 3.25. The number of anilines is 1. The predicted molar refractivity (Wildman–Crippen MR) is 118 cm³/mol. The first-order valence-corrected chi connectivity index (χ1v) is 10.6. The van der Waals surface area contributed by atoms with Crippen LogP contribution in [0.1, 0.15) is 20.7 Å². The number of imide groups is 2. The van der Waals surface area contributed by atoms with E-state index in [1.807, 2.05) is 42.5 Å². The molecule has 0 bridgehead atoms. The van der Waals surface area contributed by atoms with E-state index in [9.17, 15) is 19.2 Å². The van der Waals surface area contributed by atoms with Crippen LogP contribution in [0.25, 0.3) is 10.8 Å². The monoisotopic (exact) mass is 431 g/mol. The highest BCUT2D eigenvalue weighted by atomic mass is 32.2. The second-order valence-electron chi connectivity index (χ2n) is 7.23. The van der Waals surface area contributed by atoms with Crippen LogP contribution in [-0.2, 0) is 4.79 Å². The van der Waals surface area contributed by atoms with Gasteiger partial charge in [0.2, 0.25) is 0 Å². The van der Waals surface area contributed by atoms with Gasteiger partial charge in [-0.05, 0) is 35.3 Å². The first-order valence-electron chi connectivity index (χ1n) is 9.76. The number of carbonyl (C=O) groups excluding carboxylic acids is 4. The van der Waals surface area contributed by atoms with E-state index >= 15 is 0 Å². The number of rotatable bonds is 5. The molecule has 4 amide bonds. The van der Waals surface area contributed by atoms with Gasteiger partial charge in [0.05, 0.1) is 11.1 Å². The third-order valence-corrected chi connectivity index (χ3v) is 6.41. The van der Waals surface area contributed by atoms with Gasteiger partial charge < -0.3 is 5.32 Å². The van der Waals surface area contributed by atoms with Crippen LogP contribution < -0.4 is 5.32 Å². The molecule has 154 valence electrons. The number of thioether (sulfide) groups is 1. The summed E-state index contributed by atoms with van der Waals surface area (Å²) in [6.07, 6.45) is 0. The molecule has 2 aliphatic rings. The highest BCUT2D eigenvalue weighted by molar-refractivity contribution is 8.15. The number of hydrogen-bond acceptors (Lipinski definition) is 6. The summed E-state index contributed by atoms with van der Waals surface area (Å²) in [5.74, 6) is -1.20. The summed E-state index contributed by atoms with van der Waals surface area (Å²) in [4.78, 5) is 52.5. The molecule has 2 heterocycles. The zero-order valence-electron chi connectivity index (χ0n) is 16.3. The van der Waals surface area contributed by atoms with Crippen LogP contribution in [0.4, 0.5) is 10.5 Å². The molecule has 1 atom stereocenters. The minimum Gasteiger partial charge on any atom is -0.365 e. The van der Waals surface area contributed by atoms with Gasteiger partial charge in [-0.3, -0.25) is 29.0 Å². The van der Waals surface area contributed by atoms with Crippen LogP contribution in [-0.4, -0.2) is 51.2 Å². The van der Waals surface area contributed by atoms with Gasteiger partial charge in [-0.15, -0.1) is 0 Å². The van der Waals surface area contributed by atoms with Crippen molar-refractivity contribution in [1.29, 1.82) is 0 Å². The Hall–Kier alpha value is -3.65. The van der Waals surface area contributed by atoms with Crippen molar-refractivity contribution in [1.82, 2.24) is 9.80 Å². The Kier molecular flexibility index (Phi) is 4.71. The van der Waals surface area contributed by atoms with Crippen molar-refractivity contribution in [3.05, 3.63) is 77.9 Å². The van der Waals surface area contributed by atoms with Crippen LogP contribution in [0.2, 0.25) is 0 Å².